The molecule has 0 unspecified atom stereocenters. The Kier molecular flexibility index (Phi) is 3.30. The Hall–Kier alpha value is -1.75. The number of aliphatic hydroxyl groups excluding tert-OH is 1. The van der Waals surface area contributed by atoms with E-state index in [0.717, 1.165) is 42.7 Å². The fourth-order valence-electron chi connectivity index (χ4n) is 3.10. The van der Waals surface area contributed by atoms with Gasteiger partial charge in [-0.25, -0.2) is 0 Å². The molecule has 4 N–H and O–H groups in total. The van der Waals surface area contributed by atoms with Crippen LogP contribution in [0.4, 0.5) is 17.1 Å². The third kappa shape index (κ3) is 2.45. The second-order valence-corrected chi connectivity index (χ2v) is 5.99. The summed E-state index contributed by atoms with van der Waals surface area (Å²) in [5, 5.41) is 12.2. The van der Waals surface area contributed by atoms with Crippen LogP contribution >= 0.6 is 0 Å². The topological polar surface area (TPSA) is 78.6 Å². The van der Waals surface area contributed by atoms with Crippen molar-refractivity contribution in [3.63, 3.8) is 0 Å². The van der Waals surface area contributed by atoms with Gasteiger partial charge in [-0.1, -0.05) is 0 Å². The first-order chi connectivity index (χ1) is 9.52. The normalized spacial score (nSPS) is 24.6. The number of carbonyl (C=O) groups is 1. The van der Waals surface area contributed by atoms with E-state index in [1.807, 2.05) is 13.1 Å². The lowest BCUT2D eigenvalue weighted by molar-refractivity contribution is -0.116. The summed E-state index contributed by atoms with van der Waals surface area (Å²) < 4.78 is 0. The number of benzene rings is 1. The summed E-state index contributed by atoms with van der Waals surface area (Å²) in [6.45, 7) is 0.909. The quantitative estimate of drug-likeness (QED) is 0.728. The van der Waals surface area contributed by atoms with Crippen molar-refractivity contribution in [2.24, 2.45) is 5.92 Å². The van der Waals surface area contributed by atoms with E-state index >= 15 is 0 Å². The summed E-state index contributed by atoms with van der Waals surface area (Å²) in [6.07, 6.45) is 2.94. The number of anilines is 3. The molecule has 0 atom stereocenters. The lowest BCUT2D eigenvalue weighted by Gasteiger charge is -2.36. The maximum Gasteiger partial charge on any atom is 0.224 e. The average molecular weight is 275 g/mol. The number of hydrogen-bond donors (Lipinski definition) is 3. The zero-order chi connectivity index (χ0) is 14.3. The van der Waals surface area contributed by atoms with E-state index in [4.69, 9.17) is 5.73 Å². The molecular formula is C15H21N3O2. The van der Waals surface area contributed by atoms with Gasteiger partial charge in [-0.05, 0) is 42.9 Å². The number of rotatable bonds is 3. The molecule has 1 amide bonds. The molecule has 0 aromatic heterocycles. The van der Waals surface area contributed by atoms with Crippen molar-refractivity contribution >= 4 is 23.0 Å². The van der Waals surface area contributed by atoms with E-state index < -0.39 is 0 Å². The second kappa shape index (κ2) is 4.98. The van der Waals surface area contributed by atoms with Crippen LogP contribution in [0.15, 0.2) is 12.1 Å². The number of hydrogen-bond acceptors (Lipinski definition) is 4. The molecule has 1 fully saturated rings. The van der Waals surface area contributed by atoms with Gasteiger partial charge in [0.2, 0.25) is 5.91 Å². The molecule has 2 aliphatic rings. The Balaban J connectivity index is 1.77. The molecule has 0 spiro atoms. The van der Waals surface area contributed by atoms with E-state index in [9.17, 15) is 9.90 Å². The molecule has 1 saturated carbocycles. The molecule has 1 aromatic carbocycles. The lowest BCUT2D eigenvalue weighted by atomic mass is 9.82. The lowest BCUT2D eigenvalue weighted by Crippen LogP contribution is -2.37. The maximum absolute atomic E-state index is 11.4. The van der Waals surface area contributed by atoms with E-state index in [2.05, 4.69) is 16.3 Å². The summed E-state index contributed by atoms with van der Waals surface area (Å²) in [6, 6.07) is 3.94. The minimum atomic E-state index is -0.121. The van der Waals surface area contributed by atoms with Crippen LogP contribution < -0.4 is 16.0 Å². The predicted molar refractivity (Wildman–Crippen MR) is 79.8 cm³/mol. The first kappa shape index (κ1) is 13.2. The van der Waals surface area contributed by atoms with E-state index in [-0.39, 0.29) is 12.0 Å². The van der Waals surface area contributed by atoms with Gasteiger partial charge in [0, 0.05) is 25.7 Å². The highest BCUT2D eigenvalue weighted by molar-refractivity contribution is 5.95. The van der Waals surface area contributed by atoms with Gasteiger partial charge < -0.3 is 21.1 Å². The van der Waals surface area contributed by atoms with Crippen molar-refractivity contribution in [1.82, 2.24) is 0 Å². The van der Waals surface area contributed by atoms with Crippen molar-refractivity contribution in [3.8, 4) is 0 Å². The Labute approximate surface area is 118 Å². The number of carbonyl (C=O) groups excluding carboxylic acids is 1. The van der Waals surface area contributed by atoms with Crippen LogP contribution in [-0.2, 0) is 11.2 Å². The molecule has 1 aliphatic carbocycles. The van der Waals surface area contributed by atoms with Gasteiger partial charge in [-0.3, -0.25) is 4.79 Å². The van der Waals surface area contributed by atoms with E-state index in [1.54, 1.807) is 0 Å². The molecule has 0 bridgehead atoms. The van der Waals surface area contributed by atoms with Crippen LogP contribution in [0.2, 0.25) is 0 Å². The molecule has 5 heteroatoms. The molecule has 1 heterocycles. The zero-order valence-corrected chi connectivity index (χ0v) is 11.7. The number of amides is 1. The fraction of sp³-hybridized carbons (Fsp3) is 0.533. The molecule has 0 saturated heterocycles. The summed E-state index contributed by atoms with van der Waals surface area (Å²) in [7, 11) is 2.03. The summed E-state index contributed by atoms with van der Waals surface area (Å²) in [4.78, 5) is 13.5. The van der Waals surface area contributed by atoms with Crippen LogP contribution in [0.1, 0.15) is 24.8 Å². The minimum absolute atomic E-state index is 0.0569. The van der Waals surface area contributed by atoms with Crippen LogP contribution in [0, 0.1) is 5.92 Å². The molecule has 108 valence electrons. The predicted octanol–water partition coefficient (Wildman–Crippen LogP) is 1.36. The Morgan fingerprint density at radius 2 is 2.15 bits per heavy atom. The van der Waals surface area contributed by atoms with Crippen LogP contribution in [0.3, 0.4) is 0 Å². The number of nitrogen functional groups attached to an aromatic ring is 1. The van der Waals surface area contributed by atoms with Crippen molar-refractivity contribution in [3.05, 3.63) is 17.7 Å². The number of aliphatic hydroxyl groups is 1. The van der Waals surface area contributed by atoms with Gasteiger partial charge in [0.15, 0.2) is 0 Å². The van der Waals surface area contributed by atoms with Gasteiger partial charge in [0.05, 0.1) is 17.5 Å². The minimum Gasteiger partial charge on any atom is -0.397 e. The molecule has 20 heavy (non-hydrogen) atoms. The Bertz CT molecular complexity index is 538. The van der Waals surface area contributed by atoms with Crippen molar-refractivity contribution in [2.45, 2.75) is 31.8 Å². The van der Waals surface area contributed by atoms with Gasteiger partial charge in [0.25, 0.3) is 0 Å². The summed E-state index contributed by atoms with van der Waals surface area (Å²) >= 11 is 0. The van der Waals surface area contributed by atoms with E-state index in [1.165, 1.54) is 0 Å². The SMILES string of the molecule is CN(CC1CC(O)C1)c1cc2c(cc1N)NC(=O)CC2. The fourth-order valence-corrected chi connectivity index (χ4v) is 3.10. The first-order valence-corrected chi connectivity index (χ1v) is 7.14. The molecule has 3 rings (SSSR count). The summed E-state index contributed by atoms with van der Waals surface area (Å²) in [5.74, 6) is 0.603. The number of fused-ring (bicyclic) bond motifs is 1. The van der Waals surface area contributed by atoms with Crippen molar-refractivity contribution < 1.29 is 9.90 Å². The molecule has 1 aliphatic heterocycles. The number of nitrogens with zero attached hydrogens (tertiary/aromatic N) is 1. The number of aryl methyl sites for hydroxylation is 1. The standard InChI is InChI=1S/C15H21N3O2/c1-18(8-9-4-11(19)5-9)14-6-10-2-3-15(20)17-13(10)7-12(14)16/h6-7,9,11,19H,2-5,8,16H2,1H3,(H,17,20). The van der Waals surface area contributed by atoms with Crippen LogP contribution in [0.5, 0.6) is 0 Å². The van der Waals surface area contributed by atoms with Gasteiger partial charge in [-0.2, -0.15) is 0 Å². The third-order valence-corrected chi connectivity index (χ3v) is 4.30. The maximum atomic E-state index is 11.4. The Morgan fingerprint density at radius 3 is 2.85 bits per heavy atom. The monoisotopic (exact) mass is 275 g/mol. The van der Waals surface area contributed by atoms with Gasteiger partial charge in [0.1, 0.15) is 0 Å². The van der Waals surface area contributed by atoms with Crippen LogP contribution in [0.25, 0.3) is 0 Å². The smallest absolute Gasteiger partial charge is 0.224 e. The zero-order valence-electron chi connectivity index (χ0n) is 11.7. The highest BCUT2D eigenvalue weighted by Gasteiger charge is 2.28. The Morgan fingerprint density at radius 1 is 1.40 bits per heavy atom. The van der Waals surface area contributed by atoms with Crippen LogP contribution in [-0.4, -0.2) is 30.7 Å². The average Bonchev–Trinajstić information content (AvgIpc) is 2.35. The molecule has 1 aromatic rings. The number of nitrogens with two attached hydrogens (primary N) is 1. The summed E-state index contributed by atoms with van der Waals surface area (Å²) in [5.41, 5.74) is 9.80. The molecule has 5 nitrogen and oxygen atoms in total. The van der Waals surface area contributed by atoms with E-state index in [0.29, 0.717) is 18.0 Å². The largest absolute Gasteiger partial charge is 0.397 e. The highest BCUT2D eigenvalue weighted by atomic mass is 16.3. The van der Waals surface area contributed by atoms with Gasteiger partial charge in [-0.15, -0.1) is 0 Å². The van der Waals surface area contributed by atoms with Gasteiger partial charge >= 0.3 is 0 Å². The third-order valence-electron chi connectivity index (χ3n) is 4.30. The molecular weight excluding hydrogens is 254 g/mol. The van der Waals surface area contributed by atoms with Crippen molar-refractivity contribution in [2.75, 3.05) is 29.5 Å². The number of nitrogens with one attached hydrogen (secondary N) is 1. The second-order valence-electron chi connectivity index (χ2n) is 5.99. The van der Waals surface area contributed by atoms with Crippen molar-refractivity contribution in [1.29, 1.82) is 0 Å². The first-order valence-electron chi connectivity index (χ1n) is 7.14. The highest BCUT2D eigenvalue weighted by Crippen LogP contribution is 2.35. The molecule has 0 radical (unpaired) electrons.